The summed E-state index contributed by atoms with van der Waals surface area (Å²) < 4.78 is 5.56. The van der Waals surface area contributed by atoms with E-state index in [0.717, 1.165) is 27.2 Å². The van der Waals surface area contributed by atoms with Gasteiger partial charge in [-0.25, -0.2) is 9.59 Å². The van der Waals surface area contributed by atoms with Gasteiger partial charge in [0.1, 0.15) is 12.6 Å². The Bertz CT molecular complexity index is 913. The molecule has 0 spiro atoms. The molecule has 0 aliphatic heterocycles. The van der Waals surface area contributed by atoms with Crippen molar-refractivity contribution in [1.82, 2.24) is 10.2 Å². The Kier molecular flexibility index (Phi) is 7.28. The second kappa shape index (κ2) is 10.1. The van der Waals surface area contributed by atoms with Gasteiger partial charge in [0, 0.05) is 26.4 Å². The lowest BCUT2D eigenvalue weighted by molar-refractivity contribution is -0.142. The second-order valence-electron chi connectivity index (χ2n) is 7.75. The zero-order valence-corrected chi connectivity index (χ0v) is 17.8. The summed E-state index contributed by atoms with van der Waals surface area (Å²) in [4.78, 5) is 36.4. The number of nitrogens with one attached hydrogen (secondary N) is 1. The molecule has 0 saturated carbocycles. The number of carboxylic acid groups (broad SMARTS) is 1. The fraction of sp³-hybridized carbons (Fsp3) is 0.375. The van der Waals surface area contributed by atoms with Crippen molar-refractivity contribution >= 4 is 18.0 Å². The summed E-state index contributed by atoms with van der Waals surface area (Å²) in [5, 5.41) is 12.2. The van der Waals surface area contributed by atoms with Crippen molar-refractivity contribution in [1.29, 1.82) is 0 Å². The number of unbranched alkanes of at least 4 members (excludes halogenated alkanes) is 1. The average Bonchev–Trinajstić information content (AvgIpc) is 3.07. The smallest absolute Gasteiger partial charge is 0.410 e. The van der Waals surface area contributed by atoms with Gasteiger partial charge in [-0.15, -0.1) is 0 Å². The van der Waals surface area contributed by atoms with Crippen LogP contribution in [0.4, 0.5) is 4.79 Å². The minimum Gasteiger partial charge on any atom is -0.480 e. The summed E-state index contributed by atoms with van der Waals surface area (Å²) in [6, 6.07) is 15.1. The first-order valence-electron chi connectivity index (χ1n) is 10.4. The van der Waals surface area contributed by atoms with Crippen molar-refractivity contribution < 1.29 is 24.2 Å². The van der Waals surface area contributed by atoms with E-state index in [1.165, 1.54) is 14.0 Å². The predicted molar refractivity (Wildman–Crippen MR) is 117 cm³/mol. The SMILES string of the molecule is CC(=O)NCCCCC(C(=O)O)N(C)C(=O)OCC1c2ccccc2-c2ccccc21. The van der Waals surface area contributed by atoms with Gasteiger partial charge < -0.3 is 15.2 Å². The number of carbonyl (C=O) groups excluding carboxylic acids is 2. The highest BCUT2D eigenvalue weighted by Gasteiger charge is 2.31. The number of likely N-dealkylation sites (N-methyl/N-ethyl adjacent to an activating group) is 1. The van der Waals surface area contributed by atoms with E-state index in [1.807, 2.05) is 36.4 Å². The van der Waals surface area contributed by atoms with Crippen LogP contribution < -0.4 is 5.32 Å². The van der Waals surface area contributed by atoms with Crippen LogP contribution in [0.1, 0.15) is 43.2 Å². The zero-order valence-electron chi connectivity index (χ0n) is 17.8. The van der Waals surface area contributed by atoms with E-state index < -0.39 is 18.1 Å². The quantitative estimate of drug-likeness (QED) is 0.600. The van der Waals surface area contributed by atoms with E-state index in [9.17, 15) is 19.5 Å². The molecule has 1 atom stereocenters. The predicted octanol–water partition coefficient (Wildman–Crippen LogP) is 3.63. The molecule has 0 fully saturated rings. The number of benzene rings is 2. The van der Waals surface area contributed by atoms with Crippen LogP contribution in [0.3, 0.4) is 0 Å². The van der Waals surface area contributed by atoms with Gasteiger partial charge >= 0.3 is 12.1 Å². The van der Waals surface area contributed by atoms with Crippen LogP contribution in [-0.4, -0.2) is 54.2 Å². The van der Waals surface area contributed by atoms with E-state index in [-0.39, 0.29) is 24.9 Å². The number of hydrogen-bond donors (Lipinski definition) is 2. The first kappa shape index (κ1) is 22.3. The number of amides is 2. The van der Waals surface area contributed by atoms with Gasteiger partial charge in [0.25, 0.3) is 0 Å². The molecular weight excluding hydrogens is 396 g/mol. The molecule has 2 aromatic carbocycles. The lowest BCUT2D eigenvalue weighted by Crippen LogP contribution is -2.43. The molecule has 1 unspecified atom stereocenters. The van der Waals surface area contributed by atoms with Crippen LogP contribution >= 0.6 is 0 Å². The number of hydrogen-bond acceptors (Lipinski definition) is 4. The first-order chi connectivity index (χ1) is 14.9. The summed E-state index contributed by atoms with van der Waals surface area (Å²) in [7, 11) is 1.45. The normalized spacial score (nSPS) is 13.1. The molecule has 0 radical (unpaired) electrons. The molecule has 164 valence electrons. The highest BCUT2D eigenvalue weighted by Crippen LogP contribution is 2.44. The Hall–Kier alpha value is -3.35. The van der Waals surface area contributed by atoms with Gasteiger partial charge in [-0.2, -0.15) is 0 Å². The van der Waals surface area contributed by atoms with Crippen LogP contribution in [-0.2, 0) is 14.3 Å². The molecule has 0 aromatic heterocycles. The molecule has 3 rings (SSSR count). The standard InChI is InChI=1S/C24H28N2O5/c1-16(27)25-14-8-7-13-22(23(28)29)26(2)24(30)31-15-21-19-11-5-3-9-17(19)18-10-4-6-12-20(18)21/h3-6,9-12,21-22H,7-8,13-15H2,1-2H3,(H,25,27)(H,28,29). The van der Waals surface area contributed by atoms with Gasteiger partial charge in [-0.1, -0.05) is 48.5 Å². The van der Waals surface area contributed by atoms with Crippen molar-refractivity contribution in [2.45, 2.75) is 38.1 Å². The Balaban J connectivity index is 1.60. The topological polar surface area (TPSA) is 95.9 Å². The summed E-state index contributed by atoms with van der Waals surface area (Å²) in [6.07, 6.45) is 0.839. The summed E-state index contributed by atoms with van der Waals surface area (Å²) >= 11 is 0. The van der Waals surface area contributed by atoms with Gasteiger partial charge in [0.15, 0.2) is 0 Å². The Morgan fingerprint density at radius 3 is 2.16 bits per heavy atom. The minimum atomic E-state index is -1.07. The van der Waals surface area contributed by atoms with Crippen LogP contribution in [0.15, 0.2) is 48.5 Å². The van der Waals surface area contributed by atoms with E-state index in [1.54, 1.807) is 0 Å². The summed E-state index contributed by atoms with van der Waals surface area (Å²) in [6.45, 7) is 2.06. The molecule has 0 bridgehead atoms. The third kappa shape index (κ3) is 5.23. The number of ether oxygens (including phenoxy) is 1. The highest BCUT2D eigenvalue weighted by atomic mass is 16.6. The van der Waals surface area contributed by atoms with Gasteiger partial charge in [-0.3, -0.25) is 9.69 Å². The molecule has 0 heterocycles. The Labute approximate surface area is 182 Å². The molecule has 7 heteroatoms. The number of carbonyl (C=O) groups is 3. The molecule has 2 aromatic rings. The van der Waals surface area contributed by atoms with Crippen molar-refractivity contribution in [3.63, 3.8) is 0 Å². The maximum absolute atomic E-state index is 12.6. The lowest BCUT2D eigenvalue weighted by atomic mass is 9.98. The van der Waals surface area contributed by atoms with Crippen molar-refractivity contribution in [3.8, 4) is 11.1 Å². The molecule has 7 nitrogen and oxygen atoms in total. The molecule has 1 aliphatic carbocycles. The zero-order chi connectivity index (χ0) is 22.4. The van der Waals surface area contributed by atoms with Gasteiger partial charge in [-0.05, 0) is 41.5 Å². The molecule has 2 N–H and O–H groups in total. The largest absolute Gasteiger partial charge is 0.480 e. The second-order valence-corrected chi connectivity index (χ2v) is 7.75. The average molecular weight is 424 g/mol. The third-order valence-corrected chi connectivity index (χ3v) is 5.65. The molecular formula is C24H28N2O5. The third-order valence-electron chi connectivity index (χ3n) is 5.65. The fourth-order valence-corrected chi connectivity index (χ4v) is 4.03. The molecule has 0 saturated heterocycles. The Morgan fingerprint density at radius 1 is 1.03 bits per heavy atom. The van der Waals surface area contributed by atoms with E-state index >= 15 is 0 Å². The number of aliphatic carboxylic acids is 1. The number of carboxylic acids is 1. The fourth-order valence-electron chi connectivity index (χ4n) is 4.03. The Morgan fingerprint density at radius 2 is 1.61 bits per heavy atom. The lowest BCUT2D eigenvalue weighted by Gasteiger charge is -2.25. The molecule has 1 aliphatic rings. The van der Waals surface area contributed by atoms with Crippen LogP contribution in [0.5, 0.6) is 0 Å². The van der Waals surface area contributed by atoms with Crippen LogP contribution in [0, 0.1) is 0 Å². The summed E-state index contributed by atoms with van der Waals surface area (Å²) in [5.41, 5.74) is 4.48. The molecule has 2 amide bonds. The summed E-state index contributed by atoms with van der Waals surface area (Å²) in [5.74, 6) is -1.27. The maximum Gasteiger partial charge on any atom is 0.410 e. The van der Waals surface area contributed by atoms with Crippen LogP contribution in [0.2, 0.25) is 0 Å². The van der Waals surface area contributed by atoms with E-state index in [4.69, 9.17) is 4.74 Å². The maximum atomic E-state index is 12.6. The first-order valence-corrected chi connectivity index (χ1v) is 10.4. The minimum absolute atomic E-state index is 0.0781. The number of fused-ring (bicyclic) bond motifs is 3. The number of rotatable bonds is 9. The van der Waals surface area contributed by atoms with E-state index in [0.29, 0.717) is 19.4 Å². The van der Waals surface area contributed by atoms with E-state index in [2.05, 4.69) is 17.4 Å². The molecule has 31 heavy (non-hydrogen) atoms. The van der Waals surface area contributed by atoms with Crippen molar-refractivity contribution in [2.75, 3.05) is 20.2 Å². The van der Waals surface area contributed by atoms with Crippen molar-refractivity contribution in [2.24, 2.45) is 0 Å². The monoisotopic (exact) mass is 424 g/mol. The van der Waals surface area contributed by atoms with Gasteiger partial charge in [0.05, 0.1) is 0 Å². The van der Waals surface area contributed by atoms with Crippen molar-refractivity contribution in [3.05, 3.63) is 59.7 Å². The van der Waals surface area contributed by atoms with Gasteiger partial charge in [0.2, 0.25) is 5.91 Å². The number of nitrogens with zero attached hydrogens (tertiary/aromatic N) is 1. The van der Waals surface area contributed by atoms with Crippen LogP contribution in [0.25, 0.3) is 11.1 Å². The highest BCUT2D eigenvalue weighted by molar-refractivity contribution is 5.81.